The zero-order valence-electron chi connectivity index (χ0n) is 32.8. The lowest BCUT2D eigenvalue weighted by Crippen LogP contribution is -2.68. The van der Waals surface area contributed by atoms with Gasteiger partial charge in [0.2, 0.25) is 0 Å². The molecule has 9 atom stereocenters. The van der Waals surface area contributed by atoms with Gasteiger partial charge in [0.05, 0.1) is 36.3 Å². The zero-order valence-corrected chi connectivity index (χ0v) is 32.8. The minimum atomic E-state index is -1.80. The van der Waals surface area contributed by atoms with Crippen molar-refractivity contribution in [3.05, 3.63) is 46.2 Å². The first-order chi connectivity index (χ1) is 25.2. The van der Waals surface area contributed by atoms with Gasteiger partial charge in [0.25, 0.3) is 11.6 Å². The fraction of sp³-hybridized carbons (Fsp3) is 0.714. The number of alkyl carbamates (subject to hydrolysis) is 2. The lowest BCUT2D eigenvalue weighted by molar-refractivity contribution is -0.418. The number of hydrogen-bond acceptors (Lipinski definition) is 15. The second-order valence-corrected chi connectivity index (χ2v) is 15.6. The minimum Gasteiger partial charge on any atom is -0.445 e. The van der Waals surface area contributed by atoms with Crippen molar-refractivity contribution >= 4 is 24.2 Å². The summed E-state index contributed by atoms with van der Waals surface area (Å²) in [5, 5.41) is 62.7. The van der Waals surface area contributed by atoms with Crippen LogP contribution in [0.25, 0.3) is 0 Å². The Kier molecular flexibility index (Phi) is 16.6. The molecule has 0 radical (unpaired) electrons. The van der Waals surface area contributed by atoms with E-state index in [1.165, 1.54) is 20.0 Å². The van der Waals surface area contributed by atoms with Crippen LogP contribution >= 0.6 is 0 Å². The van der Waals surface area contributed by atoms with Crippen LogP contribution in [-0.4, -0.2) is 147 Å². The molecule has 0 aromatic carbocycles. The van der Waals surface area contributed by atoms with E-state index in [1.54, 1.807) is 54.5 Å². The number of nitro groups is 1. The van der Waals surface area contributed by atoms with E-state index in [0.29, 0.717) is 5.57 Å². The second-order valence-electron chi connectivity index (χ2n) is 15.6. The van der Waals surface area contributed by atoms with Crippen LogP contribution in [0.4, 0.5) is 14.4 Å². The maximum absolute atomic E-state index is 13.2. The lowest BCUT2D eigenvalue weighted by Gasteiger charge is -2.49. The van der Waals surface area contributed by atoms with Crippen LogP contribution in [0.5, 0.6) is 0 Å². The van der Waals surface area contributed by atoms with Crippen LogP contribution in [0, 0.1) is 10.1 Å². The topological polar surface area (TPSA) is 278 Å². The Hall–Kier alpha value is -4.34. The van der Waals surface area contributed by atoms with Crippen LogP contribution < -0.4 is 16.0 Å². The quantitative estimate of drug-likeness (QED) is 0.0593. The molecule has 0 bridgehead atoms. The van der Waals surface area contributed by atoms with Crippen LogP contribution in [-0.2, 0) is 28.5 Å². The van der Waals surface area contributed by atoms with E-state index < -0.39 is 108 Å². The summed E-state index contributed by atoms with van der Waals surface area (Å²) in [4.78, 5) is 62.2. The third-order valence-corrected chi connectivity index (χ3v) is 8.27. The molecular weight excluding hydrogens is 730 g/mol. The molecule has 20 heteroatoms. The molecule has 0 spiro atoms. The highest BCUT2D eigenvalue weighted by atomic mass is 16.7. The van der Waals surface area contributed by atoms with Gasteiger partial charge in [0.1, 0.15) is 41.7 Å². The van der Waals surface area contributed by atoms with Crippen molar-refractivity contribution in [3.63, 3.8) is 0 Å². The second kappa shape index (κ2) is 19.5. The Balaban J connectivity index is 2.27. The number of aliphatic hydroxyl groups is 4. The maximum atomic E-state index is 13.2. The predicted molar refractivity (Wildman–Crippen MR) is 194 cm³/mol. The van der Waals surface area contributed by atoms with Crippen LogP contribution in [0.15, 0.2) is 36.1 Å². The molecule has 1 aliphatic carbocycles. The van der Waals surface area contributed by atoms with Crippen molar-refractivity contribution in [2.75, 3.05) is 26.8 Å². The van der Waals surface area contributed by atoms with Crippen molar-refractivity contribution in [3.8, 4) is 0 Å². The smallest absolute Gasteiger partial charge is 0.410 e. The summed E-state index contributed by atoms with van der Waals surface area (Å²) in [6.45, 7) is 14.8. The van der Waals surface area contributed by atoms with Crippen LogP contribution in [0.1, 0.15) is 68.2 Å². The number of carbonyl (C=O) groups is 4. The molecule has 1 saturated carbocycles. The monoisotopic (exact) mass is 787 g/mol. The molecule has 2 aliphatic rings. The van der Waals surface area contributed by atoms with Gasteiger partial charge in [-0.25, -0.2) is 14.4 Å². The average molecular weight is 788 g/mol. The molecule has 0 unspecified atom stereocenters. The van der Waals surface area contributed by atoms with Crippen molar-refractivity contribution in [1.29, 1.82) is 0 Å². The Labute approximate surface area is 320 Å². The van der Waals surface area contributed by atoms with Gasteiger partial charge in [-0.15, -0.1) is 0 Å². The molecule has 7 N–H and O–H groups in total. The summed E-state index contributed by atoms with van der Waals surface area (Å²) >= 11 is 0. The van der Waals surface area contributed by atoms with Crippen LogP contribution in [0.3, 0.4) is 0 Å². The highest BCUT2D eigenvalue weighted by molar-refractivity contribution is 5.82. The van der Waals surface area contributed by atoms with E-state index in [4.69, 9.17) is 23.7 Å². The number of carbonyl (C=O) groups excluding carboxylic acids is 4. The highest BCUT2D eigenvalue weighted by Crippen LogP contribution is 2.32. The number of rotatable bonds is 13. The zero-order chi connectivity index (χ0) is 42.1. The van der Waals surface area contributed by atoms with E-state index in [9.17, 15) is 49.7 Å². The van der Waals surface area contributed by atoms with Crippen LogP contribution in [0.2, 0.25) is 0 Å². The molecule has 2 fully saturated rings. The average Bonchev–Trinajstić information content (AvgIpc) is 3.04. The molecule has 55 heavy (non-hydrogen) atoms. The summed E-state index contributed by atoms with van der Waals surface area (Å²) in [5.74, 6) is -0.999. The van der Waals surface area contributed by atoms with E-state index in [1.807, 2.05) is 0 Å². The fourth-order valence-corrected chi connectivity index (χ4v) is 5.71. The minimum absolute atomic E-state index is 0.115. The first kappa shape index (κ1) is 46.8. The molecule has 0 aromatic heterocycles. The molecule has 312 valence electrons. The third-order valence-electron chi connectivity index (χ3n) is 8.27. The number of allylic oxidation sites excluding steroid dienone is 2. The molecule has 2 rings (SSSR count). The SMILES string of the molecule is C=C(/C=C\C(=C/C)COC(=O)N[C@@H]1C[C@H](O)[C@@H](O[C@H]2OC[C@](C)(O)[C@H](N(C)C(=O)OC(C)(C)C)[C@H]2O)[C@H](NC(=O)[C@@H](O)CNC(=O)OC(C)(C)C)C1)[N+](=O)[O-]. The highest BCUT2D eigenvalue weighted by Gasteiger charge is 2.52. The fourth-order valence-electron chi connectivity index (χ4n) is 5.71. The summed E-state index contributed by atoms with van der Waals surface area (Å²) in [5.41, 5.74) is -3.49. The number of nitrogens with zero attached hydrogens (tertiary/aromatic N) is 2. The largest absolute Gasteiger partial charge is 0.445 e. The Morgan fingerprint density at radius 2 is 1.67 bits per heavy atom. The summed E-state index contributed by atoms with van der Waals surface area (Å²) < 4.78 is 27.5. The van der Waals surface area contributed by atoms with Crippen molar-refractivity contribution < 1.29 is 68.2 Å². The number of hydrogen-bond donors (Lipinski definition) is 7. The molecular formula is C35H57N5O15. The van der Waals surface area contributed by atoms with Gasteiger partial charge in [-0.05, 0) is 86.5 Å². The van der Waals surface area contributed by atoms with Gasteiger partial charge in [0.15, 0.2) is 6.29 Å². The van der Waals surface area contributed by atoms with E-state index in [-0.39, 0.29) is 25.1 Å². The number of nitrogens with one attached hydrogen (secondary N) is 3. The Morgan fingerprint density at radius 1 is 1.05 bits per heavy atom. The Bertz CT molecular complexity index is 1450. The van der Waals surface area contributed by atoms with Gasteiger partial charge < -0.3 is 65.0 Å². The van der Waals surface area contributed by atoms with Crippen molar-refractivity contribution in [2.24, 2.45) is 0 Å². The molecule has 0 aromatic rings. The maximum Gasteiger partial charge on any atom is 0.410 e. The van der Waals surface area contributed by atoms with Crippen molar-refractivity contribution in [2.45, 2.75) is 134 Å². The standard InChI is InChI=1S/C35H57N5O15/c1-11-20(13-12-19(2)40(49)50)17-51-31(46)37-21-14-22(38-28(44)24(42)16-36-30(45)54-33(3,4)5)26(23(41)15-21)53-29-25(43)27(35(9,48)18-52-29)39(10)32(47)55-34(6,7)8/h11-13,21-27,29,41-43,48H,2,14-18H2,1,3-10H3,(H,36,45)(H,37,46)(H,38,44)/b13-12-,20-11+/t21-,22+,23-,24-,25+,26-,27+,29+,35-/m0/s1. The van der Waals surface area contributed by atoms with E-state index in [0.717, 1.165) is 11.0 Å². The van der Waals surface area contributed by atoms with Gasteiger partial charge in [-0.3, -0.25) is 14.9 Å². The number of amides is 4. The van der Waals surface area contributed by atoms with Gasteiger partial charge in [-0.2, -0.15) is 0 Å². The van der Waals surface area contributed by atoms with E-state index in [2.05, 4.69) is 22.5 Å². The summed E-state index contributed by atoms with van der Waals surface area (Å²) in [6, 6.07) is -3.36. The Morgan fingerprint density at radius 3 is 2.24 bits per heavy atom. The van der Waals surface area contributed by atoms with E-state index >= 15 is 0 Å². The first-order valence-corrected chi connectivity index (χ1v) is 17.6. The first-order valence-electron chi connectivity index (χ1n) is 17.6. The molecule has 20 nitrogen and oxygen atoms in total. The lowest BCUT2D eigenvalue weighted by atomic mass is 9.85. The molecule has 4 amide bonds. The number of likely N-dealkylation sites (N-methyl/N-ethyl adjacent to an activating group) is 1. The third kappa shape index (κ3) is 15.0. The van der Waals surface area contributed by atoms with Gasteiger partial charge in [0, 0.05) is 19.2 Å². The predicted octanol–water partition coefficient (Wildman–Crippen LogP) is 0.988. The molecule has 1 heterocycles. The van der Waals surface area contributed by atoms with Gasteiger partial charge in [-0.1, -0.05) is 6.08 Å². The van der Waals surface area contributed by atoms with Gasteiger partial charge >= 0.3 is 18.3 Å². The molecule has 1 aliphatic heterocycles. The summed E-state index contributed by atoms with van der Waals surface area (Å²) in [6.07, 6.45) is -6.77. The van der Waals surface area contributed by atoms with Crippen molar-refractivity contribution in [1.82, 2.24) is 20.9 Å². The number of aliphatic hydroxyl groups excluding tert-OH is 3. The normalized spacial score (nSPS) is 28.0. The summed E-state index contributed by atoms with van der Waals surface area (Å²) in [7, 11) is 1.32. The number of ether oxygens (including phenoxy) is 5. The molecule has 1 saturated heterocycles.